The minimum Gasteiger partial charge on any atom is -0.423 e. The number of ether oxygens (including phenoxy) is 1. The number of halogens is 1. The summed E-state index contributed by atoms with van der Waals surface area (Å²) in [5.41, 5.74) is 0.619. The van der Waals surface area contributed by atoms with E-state index in [1.807, 2.05) is 25.1 Å². The number of carbonyl (C=O) groups is 1. The molecular formula is C11H11BrO2. The molecule has 1 aromatic rings. The summed E-state index contributed by atoms with van der Waals surface area (Å²) in [7, 11) is 0. The van der Waals surface area contributed by atoms with E-state index >= 15 is 0 Å². The van der Waals surface area contributed by atoms with Crippen molar-refractivity contribution in [2.75, 3.05) is 5.33 Å². The molecular weight excluding hydrogens is 244 g/mol. The first-order valence-electron chi connectivity index (χ1n) is 4.26. The van der Waals surface area contributed by atoms with Gasteiger partial charge in [0, 0.05) is 10.9 Å². The Labute approximate surface area is 91.7 Å². The Balaban J connectivity index is 2.66. The molecule has 0 atom stereocenters. The number of esters is 1. The number of hydrogen-bond acceptors (Lipinski definition) is 2. The second-order valence-corrected chi connectivity index (χ2v) is 3.21. The highest BCUT2D eigenvalue weighted by molar-refractivity contribution is 9.09. The summed E-state index contributed by atoms with van der Waals surface area (Å²) in [4.78, 5) is 11.5. The van der Waals surface area contributed by atoms with Gasteiger partial charge in [-0.3, -0.25) is 0 Å². The van der Waals surface area contributed by atoms with Gasteiger partial charge in [-0.15, -0.1) is 0 Å². The van der Waals surface area contributed by atoms with Gasteiger partial charge in [0.15, 0.2) is 0 Å². The molecule has 1 rings (SSSR count). The van der Waals surface area contributed by atoms with Gasteiger partial charge in [-0.2, -0.15) is 0 Å². The van der Waals surface area contributed by atoms with Crippen molar-refractivity contribution in [2.45, 2.75) is 6.92 Å². The van der Waals surface area contributed by atoms with Crippen molar-refractivity contribution in [3.05, 3.63) is 42.0 Å². The van der Waals surface area contributed by atoms with Crippen molar-refractivity contribution < 1.29 is 9.53 Å². The van der Waals surface area contributed by atoms with E-state index in [1.165, 1.54) is 0 Å². The molecule has 0 radical (unpaired) electrons. The number of benzene rings is 1. The molecule has 0 N–H and O–H groups in total. The van der Waals surface area contributed by atoms with Crippen LogP contribution < -0.4 is 4.74 Å². The minimum atomic E-state index is -0.310. The molecule has 0 aliphatic carbocycles. The van der Waals surface area contributed by atoms with E-state index in [-0.39, 0.29) is 5.97 Å². The quantitative estimate of drug-likeness (QED) is 0.359. The Morgan fingerprint density at radius 1 is 1.43 bits per heavy atom. The molecule has 74 valence electrons. The van der Waals surface area contributed by atoms with Gasteiger partial charge in [0.1, 0.15) is 5.75 Å². The van der Waals surface area contributed by atoms with Gasteiger partial charge in [-0.25, -0.2) is 4.79 Å². The summed E-state index contributed by atoms with van der Waals surface area (Å²) in [5.74, 6) is 0.258. The van der Waals surface area contributed by atoms with E-state index in [1.54, 1.807) is 18.2 Å². The lowest BCUT2D eigenvalue weighted by atomic mass is 10.3. The van der Waals surface area contributed by atoms with Crippen LogP contribution in [0.5, 0.6) is 5.75 Å². The molecule has 0 heterocycles. The molecule has 0 saturated carbocycles. The van der Waals surface area contributed by atoms with Crippen LogP contribution in [0.3, 0.4) is 0 Å². The lowest BCUT2D eigenvalue weighted by Gasteiger charge is -2.04. The summed E-state index contributed by atoms with van der Waals surface area (Å²) in [6, 6.07) is 9.02. The topological polar surface area (TPSA) is 26.3 Å². The SMILES string of the molecule is C/C=C(\CBr)C(=O)Oc1ccccc1. The fraction of sp³-hybridized carbons (Fsp3) is 0.182. The standard InChI is InChI=1S/C11H11BrO2/c1-2-9(8-12)11(13)14-10-6-4-3-5-7-10/h2-7H,8H2,1H3/b9-2+. The van der Waals surface area contributed by atoms with Gasteiger partial charge in [0.2, 0.25) is 0 Å². The van der Waals surface area contributed by atoms with Crippen molar-refractivity contribution >= 4 is 21.9 Å². The minimum absolute atomic E-state index is 0.310. The lowest BCUT2D eigenvalue weighted by Crippen LogP contribution is -2.11. The number of carbonyl (C=O) groups excluding carboxylic acids is 1. The van der Waals surface area contributed by atoms with Crippen LogP contribution in [-0.2, 0) is 4.79 Å². The number of alkyl halides is 1. The van der Waals surface area contributed by atoms with Crippen LogP contribution >= 0.6 is 15.9 Å². The molecule has 0 aliphatic rings. The third-order valence-electron chi connectivity index (χ3n) is 1.71. The summed E-state index contributed by atoms with van der Waals surface area (Å²) in [6.07, 6.45) is 1.74. The van der Waals surface area contributed by atoms with Crippen LogP contribution in [0.2, 0.25) is 0 Å². The first-order chi connectivity index (χ1) is 6.77. The second-order valence-electron chi connectivity index (χ2n) is 2.65. The monoisotopic (exact) mass is 254 g/mol. The van der Waals surface area contributed by atoms with Gasteiger partial charge in [-0.05, 0) is 19.1 Å². The van der Waals surface area contributed by atoms with Crippen molar-refractivity contribution in [1.82, 2.24) is 0 Å². The molecule has 2 nitrogen and oxygen atoms in total. The molecule has 0 fully saturated rings. The summed E-state index contributed by atoms with van der Waals surface area (Å²) in [6.45, 7) is 1.81. The van der Waals surface area contributed by atoms with E-state index in [0.29, 0.717) is 16.7 Å². The molecule has 0 saturated heterocycles. The molecule has 14 heavy (non-hydrogen) atoms. The lowest BCUT2D eigenvalue weighted by molar-refractivity contribution is -0.130. The molecule has 0 amide bonds. The fourth-order valence-electron chi connectivity index (χ4n) is 0.911. The first kappa shape index (κ1) is 11.0. The van der Waals surface area contributed by atoms with E-state index < -0.39 is 0 Å². The van der Waals surface area contributed by atoms with Crippen LogP contribution in [0.25, 0.3) is 0 Å². The van der Waals surface area contributed by atoms with Gasteiger partial charge in [0.25, 0.3) is 0 Å². The van der Waals surface area contributed by atoms with Gasteiger partial charge in [0.05, 0.1) is 0 Å². The molecule has 1 aromatic carbocycles. The van der Waals surface area contributed by atoms with Crippen LogP contribution in [0, 0.1) is 0 Å². The Hall–Kier alpha value is -1.09. The number of rotatable bonds is 3. The molecule has 0 spiro atoms. The summed E-state index contributed by atoms with van der Waals surface area (Å²) >= 11 is 3.22. The summed E-state index contributed by atoms with van der Waals surface area (Å²) in [5, 5.41) is 0.509. The van der Waals surface area contributed by atoms with Crippen LogP contribution in [0.1, 0.15) is 6.92 Å². The van der Waals surface area contributed by atoms with Crippen molar-refractivity contribution in [3.63, 3.8) is 0 Å². The second kappa shape index (κ2) is 5.60. The zero-order valence-electron chi connectivity index (χ0n) is 7.87. The Bertz CT molecular complexity index is 330. The molecule has 0 unspecified atom stereocenters. The third kappa shape index (κ3) is 3.00. The highest BCUT2D eigenvalue weighted by Crippen LogP contribution is 2.11. The number of para-hydroxylation sites is 1. The van der Waals surface area contributed by atoms with Crippen LogP contribution in [-0.4, -0.2) is 11.3 Å². The van der Waals surface area contributed by atoms with Gasteiger partial charge in [-0.1, -0.05) is 40.2 Å². The van der Waals surface area contributed by atoms with Crippen LogP contribution in [0.4, 0.5) is 0 Å². The zero-order chi connectivity index (χ0) is 10.4. The highest BCUT2D eigenvalue weighted by Gasteiger charge is 2.08. The predicted octanol–water partition coefficient (Wildman–Crippen LogP) is 2.93. The van der Waals surface area contributed by atoms with Gasteiger partial charge < -0.3 is 4.74 Å². The molecule has 0 aliphatic heterocycles. The largest absolute Gasteiger partial charge is 0.423 e. The normalized spacial score (nSPS) is 11.1. The Morgan fingerprint density at radius 2 is 2.07 bits per heavy atom. The molecule has 0 aromatic heterocycles. The zero-order valence-corrected chi connectivity index (χ0v) is 9.45. The van der Waals surface area contributed by atoms with Crippen molar-refractivity contribution in [3.8, 4) is 5.75 Å². The van der Waals surface area contributed by atoms with Crippen molar-refractivity contribution in [1.29, 1.82) is 0 Å². The van der Waals surface area contributed by atoms with Gasteiger partial charge >= 0.3 is 5.97 Å². The van der Waals surface area contributed by atoms with E-state index in [4.69, 9.17) is 4.74 Å². The molecule has 0 bridgehead atoms. The number of hydrogen-bond donors (Lipinski definition) is 0. The predicted molar refractivity (Wildman–Crippen MR) is 59.6 cm³/mol. The van der Waals surface area contributed by atoms with Crippen LogP contribution in [0.15, 0.2) is 42.0 Å². The molecule has 3 heteroatoms. The highest BCUT2D eigenvalue weighted by atomic mass is 79.9. The Morgan fingerprint density at radius 3 is 2.57 bits per heavy atom. The third-order valence-corrected chi connectivity index (χ3v) is 2.31. The smallest absolute Gasteiger partial charge is 0.339 e. The summed E-state index contributed by atoms with van der Waals surface area (Å²) < 4.78 is 5.12. The average Bonchev–Trinajstić information content (AvgIpc) is 2.21. The maximum Gasteiger partial charge on any atom is 0.339 e. The van der Waals surface area contributed by atoms with Crippen molar-refractivity contribution in [2.24, 2.45) is 0 Å². The first-order valence-corrected chi connectivity index (χ1v) is 5.38. The van der Waals surface area contributed by atoms with E-state index in [0.717, 1.165) is 0 Å². The van der Waals surface area contributed by atoms with E-state index in [2.05, 4.69) is 15.9 Å². The Kier molecular flexibility index (Phi) is 4.40. The van der Waals surface area contributed by atoms with E-state index in [9.17, 15) is 4.79 Å². The maximum absolute atomic E-state index is 11.5. The fourth-order valence-corrected chi connectivity index (χ4v) is 1.46. The number of allylic oxidation sites excluding steroid dienone is 1. The average molecular weight is 255 g/mol. The maximum atomic E-state index is 11.5.